The summed E-state index contributed by atoms with van der Waals surface area (Å²) in [6.45, 7) is 4.94. The van der Waals surface area contributed by atoms with Crippen LogP contribution in [0.4, 0.5) is 4.39 Å². The molecule has 2 aromatic rings. The maximum Gasteiger partial charge on any atom is 0.123 e. The fourth-order valence-corrected chi connectivity index (χ4v) is 2.11. The highest BCUT2D eigenvalue weighted by molar-refractivity contribution is 5.84. The summed E-state index contributed by atoms with van der Waals surface area (Å²) >= 11 is 0. The van der Waals surface area contributed by atoms with Gasteiger partial charge in [0, 0.05) is 29.7 Å². The molecule has 1 heterocycles. The largest absolute Gasteiger partial charge is 0.347 e. The Morgan fingerprint density at radius 3 is 2.81 bits per heavy atom. The molecule has 1 atom stereocenters. The molecule has 0 aliphatic carbocycles. The number of hydrogen-bond acceptors (Lipinski definition) is 1. The Labute approximate surface area is 94.9 Å². The molecule has 3 heteroatoms. The van der Waals surface area contributed by atoms with E-state index in [1.54, 1.807) is 6.07 Å². The van der Waals surface area contributed by atoms with Gasteiger partial charge in [-0.25, -0.2) is 4.39 Å². The number of halogens is 1. The van der Waals surface area contributed by atoms with E-state index in [1.165, 1.54) is 6.07 Å². The third-order valence-electron chi connectivity index (χ3n) is 2.81. The van der Waals surface area contributed by atoms with Gasteiger partial charge in [-0.1, -0.05) is 0 Å². The van der Waals surface area contributed by atoms with Crippen molar-refractivity contribution in [1.82, 2.24) is 4.57 Å². The van der Waals surface area contributed by atoms with E-state index in [4.69, 9.17) is 5.73 Å². The smallest absolute Gasteiger partial charge is 0.123 e. The number of fused-ring (bicyclic) bond motifs is 1. The molecule has 0 fully saturated rings. The number of aryl methyl sites for hydroxylation is 1. The van der Waals surface area contributed by atoms with Gasteiger partial charge in [0.1, 0.15) is 5.82 Å². The third kappa shape index (κ3) is 1.95. The summed E-state index contributed by atoms with van der Waals surface area (Å²) in [6, 6.07) is 5.03. The van der Waals surface area contributed by atoms with Crippen LogP contribution in [0.1, 0.15) is 19.4 Å². The summed E-state index contributed by atoms with van der Waals surface area (Å²) in [5.41, 5.74) is 8.02. The lowest BCUT2D eigenvalue weighted by atomic mass is 10.1. The Hall–Kier alpha value is -1.35. The van der Waals surface area contributed by atoms with Crippen molar-refractivity contribution in [3.8, 4) is 0 Å². The predicted octanol–water partition coefficient (Wildman–Crippen LogP) is 2.69. The van der Waals surface area contributed by atoms with Crippen LogP contribution in [-0.4, -0.2) is 10.6 Å². The Bertz CT molecular complexity index is 500. The van der Waals surface area contributed by atoms with Gasteiger partial charge in [0.25, 0.3) is 0 Å². The van der Waals surface area contributed by atoms with Crippen LogP contribution in [0.5, 0.6) is 0 Å². The van der Waals surface area contributed by atoms with Crippen LogP contribution in [0, 0.1) is 5.82 Å². The SMILES string of the molecule is CCn1cc(C[C@@H](C)N)c2cc(F)ccc21. The number of rotatable bonds is 3. The first-order valence-corrected chi connectivity index (χ1v) is 5.64. The summed E-state index contributed by atoms with van der Waals surface area (Å²) in [4.78, 5) is 0. The van der Waals surface area contributed by atoms with Crippen molar-refractivity contribution in [1.29, 1.82) is 0 Å². The van der Waals surface area contributed by atoms with E-state index in [1.807, 2.05) is 13.0 Å². The fourth-order valence-electron chi connectivity index (χ4n) is 2.11. The molecule has 2 nitrogen and oxygen atoms in total. The highest BCUT2D eigenvalue weighted by Crippen LogP contribution is 2.23. The van der Waals surface area contributed by atoms with Gasteiger partial charge in [0.2, 0.25) is 0 Å². The minimum absolute atomic E-state index is 0.0965. The van der Waals surface area contributed by atoms with Crippen LogP contribution in [0.15, 0.2) is 24.4 Å². The van der Waals surface area contributed by atoms with Crippen LogP contribution in [-0.2, 0) is 13.0 Å². The van der Waals surface area contributed by atoms with Crippen molar-refractivity contribution in [2.24, 2.45) is 5.73 Å². The monoisotopic (exact) mass is 220 g/mol. The maximum atomic E-state index is 13.2. The number of aromatic nitrogens is 1. The van der Waals surface area contributed by atoms with E-state index in [0.29, 0.717) is 0 Å². The number of hydrogen-bond donors (Lipinski definition) is 1. The molecule has 1 aromatic carbocycles. The second-order valence-electron chi connectivity index (χ2n) is 4.28. The molecule has 1 aromatic heterocycles. The first kappa shape index (κ1) is 11.1. The summed E-state index contributed by atoms with van der Waals surface area (Å²) in [5.74, 6) is -0.188. The number of nitrogens with zero attached hydrogens (tertiary/aromatic N) is 1. The normalized spacial score (nSPS) is 13.2. The molecule has 0 saturated heterocycles. The van der Waals surface area contributed by atoms with Gasteiger partial charge in [-0.05, 0) is 44.0 Å². The van der Waals surface area contributed by atoms with E-state index in [9.17, 15) is 4.39 Å². The first-order valence-electron chi connectivity index (χ1n) is 5.64. The van der Waals surface area contributed by atoms with Crippen molar-refractivity contribution in [2.75, 3.05) is 0 Å². The molecular weight excluding hydrogens is 203 g/mol. The number of benzene rings is 1. The summed E-state index contributed by atoms with van der Waals surface area (Å²) < 4.78 is 15.4. The molecule has 2 N–H and O–H groups in total. The van der Waals surface area contributed by atoms with Crippen LogP contribution in [0.3, 0.4) is 0 Å². The van der Waals surface area contributed by atoms with Crippen LogP contribution in [0.2, 0.25) is 0 Å². The Balaban J connectivity index is 2.59. The van der Waals surface area contributed by atoms with Crippen molar-refractivity contribution in [3.63, 3.8) is 0 Å². The average Bonchev–Trinajstić information content (AvgIpc) is 2.55. The molecule has 0 unspecified atom stereocenters. The van der Waals surface area contributed by atoms with E-state index in [-0.39, 0.29) is 11.9 Å². The van der Waals surface area contributed by atoms with E-state index < -0.39 is 0 Å². The predicted molar refractivity (Wildman–Crippen MR) is 64.9 cm³/mol. The van der Waals surface area contributed by atoms with Crippen molar-refractivity contribution in [2.45, 2.75) is 32.9 Å². The average molecular weight is 220 g/mol. The molecule has 0 saturated carbocycles. The zero-order valence-corrected chi connectivity index (χ0v) is 9.70. The highest BCUT2D eigenvalue weighted by Gasteiger charge is 2.09. The molecule has 0 bridgehead atoms. The van der Waals surface area contributed by atoms with Gasteiger partial charge in [-0.3, -0.25) is 0 Å². The van der Waals surface area contributed by atoms with Crippen LogP contribution in [0.25, 0.3) is 10.9 Å². The molecule has 86 valence electrons. The van der Waals surface area contributed by atoms with Crippen LogP contribution < -0.4 is 5.73 Å². The van der Waals surface area contributed by atoms with Crippen molar-refractivity contribution < 1.29 is 4.39 Å². The zero-order valence-electron chi connectivity index (χ0n) is 9.70. The van der Waals surface area contributed by atoms with Gasteiger partial charge in [0.15, 0.2) is 0 Å². The molecule has 0 spiro atoms. The fraction of sp³-hybridized carbons (Fsp3) is 0.385. The third-order valence-corrected chi connectivity index (χ3v) is 2.81. The quantitative estimate of drug-likeness (QED) is 0.847. The highest BCUT2D eigenvalue weighted by atomic mass is 19.1. The van der Waals surface area contributed by atoms with E-state index in [0.717, 1.165) is 29.4 Å². The Morgan fingerprint density at radius 2 is 2.19 bits per heavy atom. The summed E-state index contributed by atoms with van der Waals surface area (Å²) in [5, 5.41) is 0.985. The van der Waals surface area contributed by atoms with Gasteiger partial charge < -0.3 is 10.3 Å². The van der Waals surface area contributed by atoms with Gasteiger partial charge >= 0.3 is 0 Å². The first-order chi connectivity index (χ1) is 7.61. The molecule has 0 amide bonds. The molecule has 0 radical (unpaired) electrons. The Kier molecular flexibility index (Phi) is 2.97. The second-order valence-corrected chi connectivity index (χ2v) is 4.28. The van der Waals surface area contributed by atoms with Gasteiger partial charge in [-0.15, -0.1) is 0 Å². The summed E-state index contributed by atoms with van der Waals surface area (Å²) in [7, 11) is 0. The van der Waals surface area contributed by atoms with Crippen LogP contribution >= 0.6 is 0 Å². The van der Waals surface area contributed by atoms with Crippen molar-refractivity contribution in [3.05, 3.63) is 35.8 Å². The van der Waals surface area contributed by atoms with Crippen molar-refractivity contribution >= 4 is 10.9 Å². The molecular formula is C13H17FN2. The van der Waals surface area contributed by atoms with E-state index >= 15 is 0 Å². The van der Waals surface area contributed by atoms with Gasteiger partial charge in [-0.2, -0.15) is 0 Å². The maximum absolute atomic E-state index is 13.2. The topological polar surface area (TPSA) is 30.9 Å². The Morgan fingerprint density at radius 1 is 1.44 bits per heavy atom. The molecule has 0 aliphatic heterocycles. The minimum Gasteiger partial charge on any atom is -0.347 e. The lowest BCUT2D eigenvalue weighted by Gasteiger charge is -2.02. The standard InChI is InChI=1S/C13H17FN2/c1-3-16-8-10(6-9(2)15)12-7-11(14)4-5-13(12)16/h4-5,7-9H,3,6,15H2,1-2H3/t9-/m1/s1. The van der Waals surface area contributed by atoms with Gasteiger partial charge in [0.05, 0.1) is 0 Å². The second kappa shape index (κ2) is 4.26. The minimum atomic E-state index is -0.188. The summed E-state index contributed by atoms with van der Waals surface area (Å²) in [6.07, 6.45) is 2.86. The molecule has 2 rings (SSSR count). The molecule has 16 heavy (non-hydrogen) atoms. The zero-order chi connectivity index (χ0) is 11.7. The lowest BCUT2D eigenvalue weighted by molar-refractivity contribution is 0.629. The molecule has 0 aliphatic rings. The van der Waals surface area contributed by atoms with E-state index in [2.05, 4.69) is 17.7 Å². The number of nitrogens with two attached hydrogens (primary N) is 1. The lowest BCUT2D eigenvalue weighted by Crippen LogP contribution is -2.17.